The van der Waals surface area contributed by atoms with Crippen molar-refractivity contribution in [1.29, 1.82) is 0 Å². The van der Waals surface area contributed by atoms with Crippen LogP contribution in [0.5, 0.6) is 0 Å². The Morgan fingerprint density at radius 1 is 1.00 bits per heavy atom. The molecule has 0 aliphatic heterocycles. The van der Waals surface area contributed by atoms with Gasteiger partial charge >= 0.3 is 0 Å². The van der Waals surface area contributed by atoms with Gasteiger partial charge in [-0.2, -0.15) is 0 Å². The van der Waals surface area contributed by atoms with E-state index in [2.05, 4.69) is 31.4 Å². The van der Waals surface area contributed by atoms with Crippen molar-refractivity contribution in [3.8, 4) is 0 Å². The number of nitrogens with one attached hydrogen (secondary N) is 2. The Morgan fingerprint density at radius 3 is 2.20 bits per heavy atom. The molecule has 0 heterocycles. The molecule has 0 saturated heterocycles. The molecule has 0 spiro atoms. The van der Waals surface area contributed by atoms with Gasteiger partial charge in [0.1, 0.15) is 5.82 Å². The van der Waals surface area contributed by atoms with Crippen LogP contribution >= 0.6 is 0 Å². The van der Waals surface area contributed by atoms with Crippen molar-refractivity contribution >= 4 is 23.2 Å². The molecule has 0 fully saturated rings. The van der Waals surface area contributed by atoms with E-state index in [0.29, 0.717) is 11.3 Å². The quantitative estimate of drug-likeness (QED) is 0.796. The Morgan fingerprint density at radius 2 is 1.64 bits per heavy atom. The maximum absolute atomic E-state index is 13.4. The van der Waals surface area contributed by atoms with Gasteiger partial charge in [-0.25, -0.2) is 4.39 Å². The number of carbonyl (C=O) groups excluding carboxylic acids is 2. The molecule has 0 bridgehead atoms. The van der Waals surface area contributed by atoms with Gasteiger partial charge in [0.05, 0.1) is 17.9 Å². The van der Waals surface area contributed by atoms with Gasteiger partial charge in [0.2, 0.25) is 5.91 Å². The molecule has 0 aromatic heterocycles. The van der Waals surface area contributed by atoms with E-state index in [1.54, 1.807) is 12.1 Å². The second kappa shape index (κ2) is 7.44. The zero-order chi connectivity index (χ0) is 18.6. The molecule has 0 atom stereocenters. The lowest BCUT2D eigenvalue weighted by Crippen LogP contribution is -2.23. The van der Waals surface area contributed by atoms with Gasteiger partial charge < -0.3 is 16.4 Å². The normalized spacial score (nSPS) is 11.1. The van der Waals surface area contributed by atoms with Gasteiger partial charge in [-0.3, -0.25) is 9.59 Å². The monoisotopic (exact) mass is 343 g/mol. The average molecular weight is 343 g/mol. The van der Waals surface area contributed by atoms with Crippen LogP contribution in [0.1, 0.15) is 36.7 Å². The second-order valence-corrected chi connectivity index (χ2v) is 6.72. The van der Waals surface area contributed by atoms with Crippen LogP contribution in [0.25, 0.3) is 0 Å². The first kappa shape index (κ1) is 18.6. The number of nitrogens with two attached hydrogens (primary N) is 1. The first-order valence-electron chi connectivity index (χ1n) is 7.92. The van der Waals surface area contributed by atoms with Crippen LogP contribution in [0.4, 0.5) is 15.8 Å². The minimum Gasteiger partial charge on any atom is -0.323 e. The zero-order valence-electron chi connectivity index (χ0n) is 14.5. The number of halogens is 1. The molecule has 0 aliphatic carbocycles. The van der Waals surface area contributed by atoms with Crippen molar-refractivity contribution in [2.45, 2.75) is 26.2 Å². The van der Waals surface area contributed by atoms with E-state index in [1.807, 2.05) is 12.1 Å². The molecule has 4 N–H and O–H groups in total. The van der Waals surface area contributed by atoms with Crippen LogP contribution in [0.3, 0.4) is 0 Å². The summed E-state index contributed by atoms with van der Waals surface area (Å²) >= 11 is 0. The number of rotatable bonds is 4. The van der Waals surface area contributed by atoms with Crippen LogP contribution in [0, 0.1) is 5.82 Å². The molecule has 0 saturated carbocycles. The van der Waals surface area contributed by atoms with Gasteiger partial charge in [-0.1, -0.05) is 32.9 Å². The molecule has 0 radical (unpaired) electrons. The van der Waals surface area contributed by atoms with Crippen LogP contribution in [0.2, 0.25) is 0 Å². The van der Waals surface area contributed by atoms with Gasteiger partial charge in [-0.05, 0) is 41.3 Å². The summed E-state index contributed by atoms with van der Waals surface area (Å²) < 4.78 is 13.4. The fraction of sp³-hybridized carbons (Fsp3) is 0.263. The Labute approximate surface area is 146 Å². The average Bonchev–Trinajstić information content (AvgIpc) is 2.56. The Bertz CT molecular complexity index is 780. The van der Waals surface area contributed by atoms with Gasteiger partial charge in [-0.15, -0.1) is 0 Å². The molecule has 5 nitrogen and oxygen atoms in total. The fourth-order valence-corrected chi connectivity index (χ4v) is 2.25. The largest absolute Gasteiger partial charge is 0.323 e. The van der Waals surface area contributed by atoms with Crippen LogP contribution in [-0.4, -0.2) is 18.4 Å². The lowest BCUT2D eigenvalue weighted by atomic mass is 9.87. The highest BCUT2D eigenvalue weighted by Crippen LogP contribution is 2.25. The first-order valence-corrected chi connectivity index (χ1v) is 7.92. The van der Waals surface area contributed by atoms with Crippen molar-refractivity contribution in [2.75, 3.05) is 17.2 Å². The summed E-state index contributed by atoms with van der Waals surface area (Å²) in [7, 11) is 0. The van der Waals surface area contributed by atoms with Crippen LogP contribution < -0.4 is 16.4 Å². The van der Waals surface area contributed by atoms with E-state index in [4.69, 9.17) is 5.73 Å². The summed E-state index contributed by atoms with van der Waals surface area (Å²) in [5.41, 5.74) is 7.29. The SMILES string of the molecule is CC(C)(C)c1ccc(C(=O)Nc2ccc(F)cc2NC(=O)CN)cc1. The van der Waals surface area contributed by atoms with E-state index >= 15 is 0 Å². The summed E-state index contributed by atoms with van der Waals surface area (Å²) in [6, 6.07) is 11.0. The molecular weight excluding hydrogens is 321 g/mol. The summed E-state index contributed by atoms with van der Waals surface area (Å²) in [6.07, 6.45) is 0. The van der Waals surface area contributed by atoms with E-state index < -0.39 is 11.7 Å². The van der Waals surface area contributed by atoms with Crippen molar-refractivity contribution < 1.29 is 14.0 Å². The summed E-state index contributed by atoms with van der Waals surface area (Å²) in [4.78, 5) is 23.9. The minimum absolute atomic E-state index is 0.00830. The fourth-order valence-electron chi connectivity index (χ4n) is 2.25. The van der Waals surface area contributed by atoms with Gasteiger partial charge in [0.15, 0.2) is 0 Å². The molecule has 0 unspecified atom stereocenters. The van der Waals surface area contributed by atoms with Crippen molar-refractivity contribution in [3.63, 3.8) is 0 Å². The number of hydrogen-bond acceptors (Lipinski definition) is 3. The van der Waals surface area contributed by atoms with Crippen molar-refractivity contribution in [3.05, 3.63) is 59.4 Å². The third-order valence-electron chi connectivity index (χ3n) is 3.70. The summed E-state index contributed by atoms with van der Waals surface area (Å²) in [5.74, 6) is -1.36. The number of carbonyl (C=O) groups is 2. The third-order valence-corrected chi connectivity index (χ3v) is 3.70. The van der Waals surface area contributed by atoms with Crippen molar-refractivity contribution in [2.24, 2.45) is 5.73 Å². The minimum atomic E-state index is -0.528. The van der Waals surface area contributed by atoms with Gasteiger partial charge in [0, 0.05) is 5.56 Å². The third kappa shape index (κ3) is 4.87. The summed E-state index contributed by atoms with van der Waals surface area (Å²) in [6.45, 7) is 6.03. The predicted molar refractivity (Wildman–Crippen MR) is 97.2 cm³/mol. The molecule has 2 aromatic rings. The zero-order valence-corrected chi connectivity index (χ0v) is 14.5. The molecular formula is C19H22FN3O2. The second-order valence-electron chi connectivity index (χ2n) is 6.72. The van der Waals surface area contributed by atoms with Gasteiger partial charge in [0.25, 0.3) is 5.91 Å². The number of hydrogen-bond donors (Lipinski definition) is 3. The molecule has 2 rings (SSSR count). The number of benzene rings is 2. The van der Waals surface area contributed by atoms with E-state index in [0.717, 1.165) is 11.6 Å². The van der Waals surface area contributed by atoms with E-state index in [9.17, 15) is 14.0 Å². The highest BCUT2D eigenvalue weighted by Gasteiger charge is 2.15. The van der Waals surface area contributed by atoms with Crippen molar-refractivity contribution in [1.82, 2.24) is 0 Å². The first-order chi connectivity index (χ1) is 11.7. The molecule has 0 aliphatic rings. The van der Waals surface area contributed by atoms with E-state index in [-0.39, 0.29) is 23.6 Å². The number of amides is 2. The highest BCUT2D eigenvalue weighted by molar-refractivity contribution is 6.07. The van der Waals surface area contributed by atoms with E-state index in [1.165, 1.54) is 12.1 Å². The molecule has 25 heavy (non-hydrogen) atoms. The predicted octanol–water partition coefficient (Wildman–Crippen LogP) is 3.27. The standard InChI is InChI=1S/C19H22FN3O2/c1-19(2,3)13-6-4-12(5-7-13)18(25)23-15-9-8-14(20)10-16(15)22-17(24)11-21/h4-10H,11,21H2,1-3H3,(H,22,24)(H,23,25). The lowest BCUT2D eigenvalue weighted by Gasteiger charge is -2.19. The Balaban J connectivity index is 2.21. The highest BCUT2D eigenvalue weighted by atomic mass is 19.1. The smallest absolute Gasteiger partial charge is 0.255 e. The molecule has 2 aromatic carbocycles. The molecule has 6 heteroatoms. The topological polar surface area (TPSA) is 84.2 Å². The maximum Gasteiger partial charge on any atom is 0.255 e. The Hall–Kier alpha value is -2.73. The Kier molecular flexibility index (Phi) is 5.54. The molecule has 2 amide bonds. The van der Waals surface area contributed by atoms with Crippen LogP contribution in [-0.2, 0) is 10.2 Å². The van der Waals surface area contributed by atoms with Crippen LogP contribution in [0.15, 0.2) is 42.5 Å². The lowest BCUT2D eigenvalue weighted by molar-refractivity contribution is -0.114. The summed E-state index contributed by atoms with van der Waals surface area (Å²) in [5, 5.41) is 5.15. The molecule has 132 valence electrons. The number of anilines is 2. The maximum atomic E-state index is 13.4.